The van der Waals surface area contributed by atoms with Crippen molar-refractivity contribution in [3.05, 3.63) is 30.2 Å². The number of aryl methyl sites for hydroxylation is 1. The fraction of sp³-hybridized carbons (Fsp3) is 0.500. The first kappa shape index (κ1) is 14.3. The number of fused-ring (bicyclic) bond motifs is 1. The van der Waals surface area contributed by atoms with Crippen LogP contribution in [0.4, 0.5) is 0 Å². The molecule has 0 bridgehead atoms. The molecule has 0 aliphatic carbocycles. The van der Waals surface area contributed by atoms with Crippen LogP contribution in [0.1, 0.15) is 26.1 Å². The first-order valence-electron chi connectivity index (χ1n) is 7.09. The molecule has 0 radical (unpaired) electrons. The van der Waals surface area contributed by atoms with Gasteiger partial charge in [-0.25, -0.2) is 0 Å². The Morgan fingerprint density at radius 2 is 2.10 bits per heavy atom. The molecule has 108 valence electrons. The predicted molar refractivity (Wildman–Crippen MR) is 80.7 cm³/mol. The van der Waals surface area contributed by atoms with E-state index in [1.54, 1.807) is 0 Å². The van der Waals surface area contributed by atoms with Gasteiger partial charge in [0.05, 0.1) is 0 Å². The monoisotopic (exact) mass is 274 g/mol. The van der Waals surface area contributed by atoms with Crippen LogP contribution in [0.3, 0.4) is 0 Å². The van der Waals surface area contributed by atoms with Gasteiger partial charge in [0.15, 0.2) is 11.6 Å². The number of pyridine rings is 1. The molecule has 0 saturated carbocycles. The highest BCUT2D eigenvalue weighted by Gasteiger charge is 2.04. The second kappa shape index (κ2) is 6.88. The maximum absolute atomic E-state index is 5.93. The average molecular weight is 274 g/mol. The van der Waals surface area contributed by atoms with Gasteiger partial charge in [-0.15, -0.1) is 10.2 Å². The van der Waals surface area contributed by atoms with Gasteiger partial charge < -0.3 is 10.6 Å². The summed E-state index contributed by atoms with van der Waals surface area (Å²) in [5.41, 5.74) is 6.81. The Morgan fingerprint density at radius 3 is 2.85 bits per heavy atom. The largest absolute Gasteiger partial charge is 0.370 e. The van der Waals surface area contributed by atoms with Gasteiger partial charge in [0.2, 0.25) is 0 Å². The lowest BCUT2D eigenvalue weighted by Gasteiger charge is -2.19. The number of nitrogens with two attached hydrogens (primary N) is 1. The summed E-state index contributed by atoms with van der Waals surface area (Å²) in [4.78, 5) is 6.46. The van der Waals surface area contributed by atoms with Crippen LogP contribution >= 0.6 is 0 Å². The molecule has 0 amide bonds. The number of aliphatic imine (C=N–C) groups is 1. The minimum Gasteiger partial charge on any atom is -0.370 e. The van der Waals surface area contributed by atoms with Crippen molar-refractivity contribution in [2.24, 2.45) is 10.7 Å². The van der Waals surface area contributed by atoms with Crippen LogP contribution in [0, 0.1) is 0 Å². The smallest absolute Gasteiger partial charge is 0.191 e. The molecular weight excluding hydrogens is 252 g/mol. The van der Waals surface area contributed by atoms with Gasteiger partial charge in [-0.1, -0.05) is 6.07 Å². The first-order chi connectivity index (χ1) is 9.76. The van der Waals surface area contributed by atoms with E-state index in [-0.39, 0.29) is 0 Å². The molecule has 6 nitrogen and oxygen atoms in total. The van der Waals surface area contributed by atoms with Gasteiger partial charge in [0.25, 0.3) is 0 Å². The molecule has 0 fully saturated rings. The molecule has 0 atom stereocenters. The lowest BCUT2D eigenvalue weighted by molar-refractivity contribution is 0.458. The highest BCUT2D eigenvalue weighted by Crippen LogP contribution is 2.05. The molecule has 2 aromatic rings. The molecule has 6 heteroatoms. The van der Waals surface area contributed by atoms with Crippen LogP contribution in [-0.2, 0) is 6.42 Å². The summed E-state index contributed by atoms with van der Waals surface area (Å²) < 4.78 is 2.01. The summed E-state index contributed by atoms with van der Waals surface area (Å²) in [5, 5.41) is 8.33. The summed E-state index contributed by atoms with van der Waals surface area (Å²) in [6, 6.07) is 5.90. The van der Waals surface area contributed by atoms with Gasteiger partial charge in [0, 0.05) is 32.3 Å². The van der Waals surface area contributed by atoms with Crippen molar-refractivity contribution >= 4 is 11.6 Å². The molecule has 0 saturated heterocycles. The number of rotatable bonds is 6. The molecule has 0 unspecified atom stereocenters. The Balaban J connectivity index is 1.89. The van der Waals surface area contributed by atoms with E-state index >= 15 is 0 Å². The minimum absolute atomic E-state index is 0.626. The Hall–Kier alpha value is -2.11. The maximum Gasteiger partial charge on any atom is 0.191 e. The van der Waals surface area contributed by atoms with Gasteiger partial charge in [-0.3, -0.25) is 9.39 Å². The number of guanidine groups is 1. The van der Waals surface area contributed by atoms with Crippen LogP contribution in [-0.4, -0.2) is 45.1 Å². The van der Waals surface area contributed by atoms with E-state index in [0.717, 1.165) is 37.4 Å². The molecule has 0 spiro atoms. The molecule has 0 aliphatic rings. The number of hydrogen-bond acceptors (Lipinski definition) is 3. The third-order valence-electron chi connectivity index (χ3n) is 3.30. The van der Waals surface area contributed by atoms with Crippen molar-refractivity contribution in [3.8, 4) is 0 Å². The second-order valence-electron chi connectivity index (χ2n) is 4.56. The molecule has 2 N–H and O–H groups in total. The summed E-state index contributed by atoms with van der Waals surface area (Å²) in [6.07, 6.45) is 3.75. The van der Waals surface area contributed by atoms with E-state index in [2.05, 4.69) is 29.0 Å². The van der Waals surface area contributed by atoms with Gasteiger partial charge >= 0.3 is 0 Å². The van der Waals surface area contributed by atoms with Crippen LogP contribution in [0.15, 0.2) is 29.4 Å². The van der Waals surface area contributed by atoms with E-state index in [9.17, 15) is 0 Å². The highest BCUT2D eigenvalue weighted by atomic mass is 15.2. The first-order valence-corrected chi connectivity index (χ1v) is 7.09. The number of hydrogen-bond donors (Lipinski definition) is 1. The van der Waals surface area contributed by atoms with E-state index < -0.39 is 0 Å². The molecule has 0 aliphatic heterocycles. The highest BCUT2D eigenvalue weighted by molar-refractivity contribution is 5.77. The third-order valence-corrected chi connectivity index (χ3v) is 3.30. The molecule has 2 rings (SSSR count). The second-order valence-corrected chi connectivity index (χ2v) is 4.56. The molecular formula is C14H22N6. The fourth-order valence-electron chi connectivity index (χ4n) is 2.14. The quantitative estimate of drug-likeness (QED) is 0.490. The van der Waals surface area contributed by atoms with E-state index in [1.165, 1.54) is 0 Å². The Bertz CT molecular complexity index is 570. The van der Waals surface area contributed by atoms with Gasteiger partial charge in [0.1, 0.15) is 5.82 Å². The van der Waals surface area contributed by atoms with Crippen molar-refractivity contribution < 1.29 is 0 Å². The van der Waals surface area contributed by atoms with Crippen LogP contribution in [0.2, 0.25) is 0 Å². The third kappa shape index (κ3) is 3.26. The Labute approximate surface area is 119 Å². The number of aromatic nitrogens is 3. The molecule has 0 aromatic carbocycles. The van der Waals surface area contributed by atoms with Crippen LogP contribution in [0.25, 0.3) is 5.65 Å². The van der Waals surface area contributed by atoms with E-state index in [4.69, 9.17) is 5.73 Å². The van der Waals surface area contributed by atoms with Crippen molar-refractivity contribution in [1.29, 1.82) is 0 Å². The SMILES string of the molecule is CCN(CC)C(N)=NCCCc1nnc2ccccn12. The summed E-state index contributed by atoms with van der Waals surface area (Å²) >= 11 is 0. The maximum atomic E-state index is 5.93. The molecule has 20 heavy (non-hydrogen) atoms. The van der Waals surface area contributed by atoms with E-state index in [1.807, 2.05) is 33.7 Å². The minimum atomic E-state index is 0.626. The zero-order chi connectivity index (χ0) is 14.4. The van der Waals surface area contributed by atoms with Crippen molar-refractivity contribution in [1.82, 2.24) is 19.5 Å². The van der Waals surface area contributed by atoms with Crippen molar-refractivity contribution in [2.75, 3.05) is 19.6 Å². The predicted octanol–water partition coefficient (Wildman–Crippen LogP) is 1.32. The zero-order valence-electron chi connectivity index (χ0n) is 12.2. The summed E-state index contributed by atoms with van der Waals surface area (Å²) in [7, 11) is 0. The van der Waals surface area contributed by atoms with Crippen molar-refractivity contribution in [2.45, 2.75) is 26.7 Å². The topological polar surface area (TPSA) is 71.8 Å². The van der Waals surface area contributed by atoms with Gasteiger partial charge in [-0.2, -0.15) is 0 Å². The Morgan fingerprint density at radius 1 is 1.30 bits per heavy atom. The number of nitrogens with zero attached hydrogens (tertiary/aromatic N) is 5. The van der Waals surface area contributed by atoms with Crippen LogP contribution in [0.5, 0.6) is 0 Å². The normalized spacial score (nSPS) is 12.0. The van der Waals surface area contributed by atoms with Crippen LogP contribution < -0.4 is 5.73 Å². The Kier molecular flexibility index (Phi) is 4.92. The lowest BCUT2D eigenvalue weighted by Crippen LogP contribution is -2.37. The lowest BCUT2D eigenvalue weighted by atomic mass is 10.3. The molecule has 2 aromatic heterocycles. The van der Waals surface area contributed by atoms with Crippen molar-refractivity contribution in [3.63, 3.8) is 0 Å². The zero-order valence-corrected chi connectivity index (χ0v) is 12.2. The molecule has 2 heterocycles. The van der Waals surface area contributed by atoms with E-state index in [0.29, 0.717) is 12.5 Å². The average Bonchev–Trinajstić information content (AvgIpc) is 2.88. The standard InChI is InChI=1S/C14H22N6/c1-3-19(4-2)14(15)16-10-7-9-13-18-17-12-8-5-6-11-20(12)13/h5-6,8,11H,3-4,7,9-10H2,1-2H3,(H2,15,16). The van der Waals surface area contributed by atoms with Gasteiger partial charge in [-0.05, 0) is 32.4 Å². The fourth-order valence-corrected chi connectivity index (χ4v) is 2.14. The summed E-state index contributed by atoms with van der Waals surface area (Å²) in [5.74, 6) is 1.60. The summed E-state index contributed by atoms with van der Waals surface area (Å²) in [6.45, 7) is 6.65.